The van der Waals surface area contributed by atoms with Crippen molar-refractivity contribution in [1.82, 2.24) is 15.3 Å². The lowest BCUT2D eigenvalue weighted by molar-refractivity contribution is 0.421. The van der Waals surface area contributed by atoms with Crippen LogP contribution in [-0.2, 0) is 6.54 Å². The number of nitrogens with zero attached hydrogens (tertiary/aromatic N) is 1. The fourth-order valence-electron chi connectivity index (χ4n) is 1.89. The quantitative estimate of drug-likeness (QED) is 0.892. The van der Waals surface area contributed by atoms with Crippen LogP contribution < -0.4 is 10.9 Å². The van der Waals surface area contributed by atoms with Crippen LogP contribution in [0.25, 0.3) is 11.4 Å². The third kappa shape index (κ3) is 4.51. The largest absolute Gasteiger partial charge is 0.306 e. The summed E-state index contributed by atoms with van der Waals surface area (Å²) in [7, 11) is 0. The van der Waals surface area contributed by atoms with Crippen LogP contribution in [-0.4, -0.2) is 15.5 Å². The van der Waals surface area contributed by atoms with Gasteiger partial charge in [0, 0.05) is 28.2 Å². The molecule has 0 aliphatic carbocycles. The minimum absolute atomic E-state index is 0.0190. The first-order chi connectivity index (χ1) is 9.74. The van der Waals surface area contributed by atoms with E-state index >= 15 is 0 Å². The number of H-pyrrole nitrogens is 1. The van der Waals surface area contributed by atoms with Crippen LogP contribution in [0.2, 0.25) is 0 Å². The molecule has 0 amide bonds. The number of benzene rings is 1. The van der Waals surface area contributed by atoms with E-state index in [0.717, 1.165) is 21.3 Å². The van der Waals surface area contributed by atoms with E-state index in [1.54, 1.807) is 0 Å². The lowest BCUT2D eigenvalue weighted by atomic mass is 10.1. The molecule has 4 nitrogen and oxygen atoms in total. The number of rotatable bonds is 3. The highest BCUT2D eigenvalue weighted by Gasteiger charge is 2.11. The van der Waals surface area contributed by atoms with E-state index in [2.05, 4.69) is 52.0 Å². The van der Waals surface area contributed by atoms with Gasteiger partial charge in [0.2, 0.25) is 0 Å². The zero-order valence-electron chi connectivity index (χ0n) is 12.7. The van der Waals surface area contributed by atoms with Crippen LogP contribution >= 0.6 is 15.9 Å². The Balaban J connectivity index is 2.37. The smallest absolute Gasteiger partial charge is 0.251 e. The Morgan fingerprint density at radius 1 is 1.29 bits per heavy atom. The first kappa shape index (κ1) is 15.9. The number of hydrogen-bond acceptors (Lipinski definition) is 3. The van der Waals surface area contributed by atoms with Crippen molar-refractivity contribution < 1.29 is 0 Å². The molecule has 1 aromatic carbocycles. The summed E-state index contributed by atoms with van der Waals surface area (Å²) in [6.45, 7) is 8.82. The fraction of sp³-hybridized carbons (Fsp3) is 0.375. The topological polar surface area (TPSA) is 57.8 Å². The molecule has 0 spiro atoms. The molecule has 0 bridgehead atoms. The molecule has 1 aromatic heterocycles. The Morgan fingerprint density at radius 3 is 2.62 bits per heavy atom. The minimum atomic E-state index is -0.141. The van der Waals surface area contributed by atoms with E-state index in [-0.39, 0.29) is 11.1 Å². The van der Waals surface area contributed by atoms with Crippen LogP contribution in [0.1, 0.15) is 32.0 Å². The maximum Gasteiger partial charge on any atom is 0.251 e. The molecule has 0 atom stereocenters. The molecule has 0 aliphatic heterocycles. The minimum Gasteiger partial charge on any atom is -0.306 e. The maximum atomic E-state index is 11.8. The van der Waals surface area contributed by atoms with Crippen molar-refractivity contribution in [2.45, 2.75) is 39.8 Å². The Morgan fingerprint density at radius 2 is 2.00 bits per heavy atom. The highest BCUT2D eigenvalue weighted by molar-refractivity contribution is 9.10. The molecule has 0 saturated heterocycles. The van der Waals surface area contributed by atoms with E-state index in [0.29, 0.717) is 12.4 Å². The molecular formula is C16H20BrN3O. The molecule has 5 heteroatoms. The summed E-state index contributed by atoms with van der Waals surface area (Å²) < 4.78 is 0.923. The predicted molar refractivity (Wildman–Crippen MR) is 89.3 cm³/mol. The van der Waals surface area contributed by atoms with E-state index < -0.39 is 0 Å². The number of hydrogen-bond donors (Lipinski definition) is 2. The second kappa shape index (κ2) is 6.12. The molecule has 0 aliphatic rings. The molecule has 0 saturated carbocycles. The number of aryl methyl sites for hydroxylation is 1. The van der Waals surface area contributed by atoms with E-state index in [9.17, 15) is 4.79 Å². The highest BCUT2D eigenvalue weighted by atomic mass is 79.9. The first-order valence-electron chi connectivity index (χ1n) is 6.86. The van der Waals surface area contributed by atoms with Crippen LogP contribution in [0, 0.1) is 6.92 Å². The molecule has 1 heterocycles. The third-order valence-corrected chi connectivity index (χ3v) is 3.63. The summed E-state index contributed by atoms with van der Waals surface area (Å²) >= 11 is 3.53. The second-order valence-corrected chi connectivity index (χ2v) is 7.03. The molecule has 0 radical (unpaired) electrons. The van der Waals surface area contributed by atoms with Gasteiger partial charge in [0.15, 0.2) is 0 Å². The fourth-order valence-corrected chi connectivity index (χ4v) is 2.58. The van der Waals surface area contributed by atoms with Gasteiger partial charge in [-0.25, -0.2) is 4.98 Å². The van der Waals surface area contributed by atoms with Crippen LogP contribution in [0.5, 0.6) is 0 Å². The van der Waals surface area contributed by atoms with Gasteiger partial charge in [0.05, 0.1) is 5.69 Å². The van der Waals surface area contributed by atoms with Crippen molar-refractivity contribution in [3.8, 4) is 11.4 Å². The van der Waals surface area contributed by atoms with Crippen molar-refractivity contribution >= 4 is 15.9 Å². The van der Waals surface area contributed by atoms with Crippen molar-refractivity contribution in [1.29, 1.82) is 0 Å². The van der Waals surface area contributed by atoms with E-state index in [1.165, 1.54) is 6.07 Å². The zero-order chi connectivity index (χ0) is 15.6. The van der Waals surface area contributed by atoms with E-state index in [1.807, 2.05) is 25.1 Å². The van der Waals surface area contributed by atoms with Crippen LogP contribution in [0.15, 0.2) is 33.5 Å². The molecule has 0 fully saturated rings. The monoisotopic (exact) mass is 349 g/mol. The highest BCUT2D eigenvalue weighted by Crippen LogP contribution is 2.26. The van der Waals surface area contributed by atoms with Gasteiger partial charge in [0.25, 0.3) is 5.56 Å². The summed E-state index contributed by atoms with van der Waals surface area (Å²) in [6.07, 6.45) is 0. The number of aromatic nitrogens is 2. The maximum absolute atomic E-state index is 11.8. The van der Waals surface area contributed by atoms with Gasteiger partial charge in [-0.05, 0) is 45.4 Å². The van der Waals surface area contributed by atoms with Gasteiger partial charge in [-0.1, -0.05) is 22.0 Å². The summed E-state index contributed by atoms with van der Waals surface area (Å²) in [5.41, 5.74) is 2.61. The average molecular weight is 350 g/mol. The zero-order valence-corrected chi connectivity index (χ0v) is 14.3. The second-order valence-electron chi connectivity index (χ2n) is 6.17. The summed E-state index contributed by atoms with van der Waals surface area (Å²) in [4.78, 5) is 19.2. The Labute approximate surface area is 133 Å². The normalized spacial score (nSPS) is 11.7. The third-order valence-electron chi connectivity index (χ3n) is 2.97. The van der Waals surface area contributed by atoms with Crippen molar-refractivity contribution in [2.24, 2.45) is 0 Å². The van der Waals surface area contributed by atoms with Gasteiger partial charge < -0.3 is 10.3 Å². The van der Waals surface area contributed by atoms with Gasteiger partial charge in [0.1, 0.15) is 5.82 Å². The standard InChI is InChI=1S/C16H20BrN3O/c1-10-5-6-12(13(17)7-10)15-19-11(8-14(21)20-15)9-18-16(2,3)4/h5-8,18H,9H2,1-4H3,(H,19,20,21). The Bertz CT molecular complexity index is 701. The number of nitrogens with one attached hydrogen (secondary N) is 2. The van der Waals surface area contributed by atoms with Crippen LogP contribution in [0.4, 0.5) is 0 Å². The Kier molecular flexibility index (Phi) is 4.64. The lowest BCUT2D eigenvalue weighted by Gasteiger charge is -2.20. The van der Waals surface area contributed by atoms with Crippen LogP contribution in [0.3, 0.4) is 0 Å². The number of halogens is 1. The molecule has 0 unspecified atom stereocenters. The van der Waals surface area contributed by atoms with Gasteiger partial charge in [-0.2, -0.15) is 0 Å². The molecular weight excluding hydrogens is 330 g/mol. The lowest BCUT2D eigenvalue weighted by Crippen LogP contribution is -2.35. The molecule has 112 valence electrons. The summed E-state index contributed by atoms with van der Waals surface area (Å²) in [5, 5.41) is 3.34. The van der Waals surface area contributed by atoms with E-state index in [4.69, 9.17) is 0 Å². The molecule has 2 rings (SSSR count). The van der Waals surface area contributed by atoms with Crippen molar-refractivity contribution in [3.63, 3.8) is 0 Å². The van der Waals surface area contributed by atoms with Gasteiger partial charge >= 0.3 is 0 Å². The predicted octanol–water partition coefficient (Wildman–Crippen LogP) is 3.40. The summed E-state index contributed by atoms with van der Waals surface area (Å²) in [6, 6.07) is 7.50. The molecule has 21 heavy (non-hydrogen) atoms. The first-order valence-corrected chi connectivity index (χ1v) is 7.66. The molecule has 2 N–H and O–H groups in total. The van der Waals surface area contributed by atoms with Gasteiger partial charge in [-0.3, -0.25) is 4.79 Å². The molecule has 2 aromatic rings. The SMILES string of the molecule is Cc1ccc(-c2nc(CNC(C)(C)C)cc(=O)[nH]2)c(Br)c1. The number of aromatic amines is 1. The average Bonchev–Trinajstić information content (AvgIpc) is 2.35. The Hall–Kier alpha value is -1.46. The summed E-state index contributed by atoms with van der Waals surface area (Å²) in [5.74, 6) is 0.583. The van der Waals surface area contributed by atoms with Gasteiger partial charge in [-0.15, -0.1) is 0 Å². The van der Waals surface area contributed by atoms with Crippen molar-refractivity contribution in [2.75, 3.05) is 0 Å². The van der Waals surface area contributed by atoms with Crippen molar-refractivity contribution in [3.05, 3.63) is 50.3 Å².